The Morgan fingerprint density at radius 2 is 2.45 bits per heavy atom. The van der Waals surface area contributed by atoms with Crippen LogP contribution in [-0.2, 0) is 6.61 Å². The Bertz CT molecular complexity index is 280. The fourth-order valence-corrected chi connectivity index (χ4v) is 0.751. The Labute approximate surface area is 61.6 Å². The summed E-state index contributed by atoms with van der Waals surface area (Å²) in [5.41, 5.74) is -0.278. The molecule has 1 N–H and O–H groups in total. The monoisotopic (exact) mass is 158 g/mol. The van der Waals surface area contributed by atoms with Gasteiger partial charge in [-0.2, -0.15) is 0 Å². The maximum atomic E-state index is 10.3. The maximum absolute atomic E-state index is 10.3. The lowest BCUT2D eigenvalue weighted by atomic mass is 10.3. The summed E-state index contributed by atoms with van der Waals surface area (Å²) < 4.78 is 4.50. The third kappa shape index (κ3) is 1.20. The molecule has 0 saturated carbocycles. The first-order chi connectivity index (χ1) is 5.16. The van der Waals surface area contributed by atoms with E-state index in [0.29, 0.717) is 0 Å². The van der Waals surface area contributed by atoms with E-state index in [1.54, 1.807) is 0 Å². The van der Waals surface area contributed by atoms with E-state index in [2.05, 4.69) is 9.68 Å². The van der Waals surface area contributed by atoms with Crippen LogP contribution in [0.1, 0.15) is 11.5 Å². The molecule has 0 saturated heterocycles. The lowest BCUT2D eigenvalue weighted by Crippen LogP contribution is -1.93. The van der Waals surface area contributed by atoms with Crippen molar-refractivity contribution in [2.75, 3.05) is 0 Å². The number of aliphatic hydroxyl groups excluding tert-OH is 1. The van der Waals surface area contributed by atoms with E-state index in [4.69, 9.17) is 5.11 Å². The molecule has 6 nitrogen and oxygen atoms in total. The Kier molecular flexibility index (Phi) is 1.86. The molecule has 1 aromatic heterocycles. The Hall–Kier alpha value is -1.43. The quantitative estimate of drug-likeness (QED) is 0.496. The highest BCUT2D eigenvalue weighted by atomic mass is 16.6. The van der Waals surface area contributed by atoms with Gasteiger partial charge >= 0.3 is 5.69 Å². The standard InChI is InChI=1S/C5H6N2O4/c1-3-5(7(9)10)4(2-8)6-11-3/h8H,2H2,1H3. The van der Waals surface area contributed by atoms with Crippen LogP contribution in [0.25, 0.3) is 0 Å². The minimum absolute atomic E-state index is 0.0347. The molecule has 60 valence electrons. The van der Waals surface area contributed by atoms with Gasteiger partial charge in [-0.25, -0.2) is 0 Å². The fourth-order valence-electron chi connectivity index (χ4n) is 0.751. The Morgan fingerprint density at radius 3 is 2.82 bits per heavy atom. The molecule has 0 aliphatic rings. The van der Waals surface area contributed by atoms with Gasteiger partial charge < -0.3 is 9.63 Å². The largest absolute Gasteiger partial charge is 0.390 e. The van der Waals surface area contributed by atoms with Crippen molar-refractivity contribution in [3.05, 3.63) is 21.6 Å². The minimum Gasteiger partial charge on any atom is -0.390 e. The molecule has 0 fully saturated rings. The predicted octanol–water partition coefficient (Wildman–Crippen LogP) is 0.384. The van der Waals surface area contributed by atoms with Crippen LogP contribution < -0.4 is 0 Å². The Balaban J connectivity index is 3.17. The summed E-state index contributed by atoms with van der Waals surface area (Å²) in [6.07, 6.45) is 0. The van der Waals surface area contributed by atoms with Crippen molar-refractivity contribution >= 4 is 5.69 Å². The lowest BCUT2D eigenvalue weighted by molar-refractivity contribution is -0.386. The minimum atomic E-state index is -0.628. The van der Waals surface area contributed by atoms with Crippen LogP contribution in [0, 0.1) is 17.0 Å². The molecular weight excluding hydrogens is 152 g/mol. The van der Waals surface area contributed by atoms with Crippen LogP contribution in [0.2, 0.25) is 0 Å². The molecule has 11 heavy (non-hydrogen) atoms. The number of nitrogens with zero attached hydrogens (tertiary/aromatic N) is 2. The molecule has 0 radical (unpaired) electrons. The molecule has 0 aliphatic carbocycles. The first kappa shape index (κ1) is 7.67. The third-order valence-electron chi connectivity index (χ3n) is 1.23. The van der Waals surface area contributed by atoms with Crippen molar-refractivity contribution in [1.82, 2.24) is 5.16 Å². The molecule has 6 heteroatoms. The van der Waals surface area contributed by atoms with E-state index in [1.807, 2.05) is 0 Å². The number of rotatable bonds is 2. The zero-order valence-electron chi connectivity index (χ0n) is 5.77. The van der Waals surface area contributed by atoms with Gasteiger partial charge in [0.2, 0.25) is 5.76 Å². The second kappa shape index (κ2) is 2.67. The zero-order chi connectivity index (χ0) is 8.43. The number of aliphatic hydroxyl groups is 1. The third-order valence-corrected chi connectivity index (χ3v) is 1.23. The zero-order valence-corrected chi connectivity index (χ0v) is 5.77. The van der Waals surface area contributed by atoms with Crippen molar-refractivity contribution in [3.63, 3.8) is 0 Å². The summed E-state index contributed by atoms with van der Waals surface area (Å²) in [7, 11) is 0. The summed E-state index contributed by atoms with van der Waals surface area (Å²) in [4.78, 5) is 9.63. The van der Waals surface area contributed by atoms with Gasteiger partial charge in [0.1, 0.15) is 0 Å². The summed E-state index contributed by atoms with van der Waals surface area (Å²) >= 11 is 0. The first-order valence-corrected chi connectivity index (χ1v) is 2.87. The molecule has 0 unspecified atom stereocenters. The highest BCUT2D eigenvalue weighted by molar-refractivity contribution is 5.36. The second-order valence-corrected chi connectivity index (χ2v) is 1.95. The Morgan fingerprint density at radius 1 is 1.82 bits per heavy atom. The van der Waals surface area contributed by atoms with Crippen molar-refractivity contribution in [2.45, 2.75) is 13.5 Å². The second-order valence-electron chi connectivity index (χ2n) is 1.95. The van der Waals surface area contributed by atoms with E-state index in [9.17, 15) is 10.1 Å². The SMILES string of the molecule is Cc1onc(CO)c1[N+](=O)[O-]. The average Bonchev–Trinajstić information content (AvgIpc) is 2.30. The number of hydrogen-bond donors (Lipinski definition) is 1. The van der Waals surface area contributed by atoms with Crippen LogP contribution >= 0.6 is 0 Å². The van der Waals surface area contributed by atoms with Gasteiger partial charge in [-0.15, -0.1) is 0 Å². The molecule has 0 bridgehead atoms. The van der Waals surface area contributed by atoms with Crippen LogP contribution in [0.5, 0.6) is 0 Å². The van der Waals surface area contributed by atoms with Crippen LogP contribution in [0.3, 0.4) is 0 Å². The van der Waals surface area contributed by atoms with Gasteiger partial charge in [0.25, 0.3) is 0 Å². The molecule has 0 amide bonds. The van der Waals surface area contributed by atoms with Crippen molar-refractivity contribution < 1.29 is 14.6 Å². The van der Waals surface area contributed by atoms with Gasteiger partial charge in [-0.1, -0.05) is 5.16 Å². The highest BCUT2D eigenvalue weighted by Crippen LogP contribution is 2.21. The summed E-state index contributed by atoms with van der Waals surface area (Å²) in [5, 5.41) is 22.1. The highest BCUT2D eigenvalue weighted by Gasteiger charge is 2.22. The van der Waals surface area contributed by atoms with Crippen molar-refractivity contribution in [2.24, 2.45) is 0 Å². The smallest absolute Gasteiger partial charge is 0.336 e. The predicted molar refractivity (Wildman–Crippen MR) is 33.8 cm³/mol. The van der Waals surface area contributed by atoms with Crippen molar-refractivity contribution in [3.8, 4) is 0 Å². The van der Waals surface area contributed by atoms with Gasteiger partial charge in [-0.3, -0.25) is 10.1 Å². The fraction of sp³-hybridized carbons (Fsp3) is 0.400. The summed E-state index contributed by atoms with van der Waals surface area (Å²) in [5.74, 6) is 0.110. The van der Waals surface area contributed by atoms with E-state index < -0.39 is 11.5 Å². The molecule has 1 aromatic rings. The number of hydrogen-bond acceptors (Lipinski definition) is 5. The number of nitro groups is 1. The van der Waals surface area contributed by atoms with Gasteiger partial charge in [0, 0.05) is 6.92 Å². The van der Waals surface area contributed by atoms with E-state index in [1.165, 1.54) is 6.92 Å². The molecular formula is C5H6N2O4. The molecule has 1 heterocycles. The molecule has 0 aliphatic heterocycles. The number of aryl methyl sites for hydroxylation is 1. The summed E-state index contributed by atoms with van der Waals surface area (Å²) in [6, 6.07) is 0. The number of aromatic nitrogens is 1. The van der Waals surface area contributed by atoms with Crippen LogP contribution in [0.15, 0.2) is 4.52 Å². The molecule has 0 atom stereocenters. The molecule has 1 rings (SSSR count). The van der Waals surface area contributed by atoms with Crippen LogP contribution in [-0.4, -0.2) is 15.2 Å². The maximum Gasteiger partial charge on any atom is 0.336 e. The van der Waals surface area contributed by atoms with Gasteiger partial charge in [-0.05, 0) is 0 Å². The average molecular weight is 158 g/mol. The van der Waals surface area contributed by atoms with E-state index in [0.717, 1.165) is 0 Å². The molecule has 0 aromatic carbocycles. The van der Waals surface area contributed by atoms with E-state index >= 15 is 0 Å². The lowest BCUT2D eigenvalue weighted by Gasteiger charge is -1.86. The normalized spacial score (nSPS) is 10.0. The van der Waals surface area contributed by atoms with Crippen LogP contribution in [0.4, 0.5) is 5.69 Å². The summed E-state index contributed by atoms with van der Waals surface area (Å²) in [6.45, 7) is 0.942. The van der Waals surface area contributed by atoms with Gasteiger partial charge in [0.15, 0.2) is 5.69 Å². The molecule has 0 spiro atoms. The van der Waals surface area contributed by atoms with E-state index in [-0.39, 0.29) is 17.1 Å². The van der Waals surface area contributed by atoms with Gasteiger partial charge in [0.05, 0.1) is 11.5 Å². The van der Waals surface area contributed by atoms with Crippen molar-refractivity contribution in [1.29, 1.82) is 0 Å². The topological polar surface area (TPSA) is 89.4 Å². The first-order valence-electron chi connectivity index (χ1n) is 2.87.